The van der Waals surface area contributed by atoms with Crippen LogP contribution in [0.3, 0.4) is 0 Å². The van der Waals surface area contributed by atoms with Crippen LogP contribution in [0.5, 0.6) is 5.75 Å². The first-order valence-electron chi connectivity index (χ1n) is 8.04. The van der Waals surface area contributed by atoms with Gasteiger partial charge in [0, 0.05) is 4.88 Å². The number of thiophene rings is 1. The molecule has 3 rings (SSSR count). The lowest BCUT2D eigenvalue weighted by Gasteiger charge is -2.21. The van der Waals surface area contributed by atoms with Crippen LogP contribution in [-0.2, 0) is 24.1 Å². The molecule has 0 spiro atoms. The third-order valence-corrected chi connectivity index (χ3v) is 4.59. The maximum atomic E-state index is 12.8. The summed E-state index contributed by atoms with van der Waals surface area (Å²) in [4.78, 5) is 15.1. The van der Waals surface area contributed by atoms with Gasteiger partial charge in [0.1, 0.15) is 11.5 Å². The molecule has 8 heteroatoms. The van der Waals surface area contributed by atoms with Crippen LogP contribution in [-0.4, -0.2) is 17.4 Å². The molecule has 0 radical (unpaired) electrons. The zero-order valence-corrected chi connectivity index (χ0v) is 14.9. The van der Waals surface area contributed by atoms with Gasteiger partial charge in [-0.25, -0.2) is 0 Å². The van der Waals surface area contributed by atoms with Gasteiger partial charge < -0.3 is 14.1 Å². The molecule has 0 saturated carbocycles. The third-order valence-electron chi connectivity index (χ3n) is 3.73. The van der Waals surface area contributed by atoms with Crippen molar-refractivity contribution in [3.63, 3.8) is 0 Å². The Morgan fingerprint density at radius 1 is 1.11 bits per heavy atom. The van der Waals surface area contributed by atoms with E-state index in [4.69, 9.17) is 9.15 Å². The minimum Gasteiger partial charge on any atom is -0.484 e. The standard InChI is InChI=1S/C19H16F3NO3S/c20-19(21,22)14-4-1-5-15(10-14)26-13-18(24)23(11-16-6-2-8-25-16)12-17-7-3-9-27-17/h1-10H,11-13H2. The molecule has 0 atom stereocenters. The first kappa shape index (κ1) is 19.0. The third kappa shape index (κ3) is 5.37. The van der Waals surface area contributed by atoms with Crippen molar-refractivity contribution in [3.8, 4) is 5.75 Å². The van der Waals surface area contributed by atoms with E-state index in [0.29, 0.717) is 12.3 Å². The number of alkyl halides is 3. The number of rotatable bonds is 7. The van der Waals surface area contributed by atoms with E-state index in [9.17, 15) is 18.0 Å². The van der Waals surface area contributed by atoms with Gasteiger partial charge in [0.15, 0.2) is 6.61 Å². The topological polar surface area (TPSA) is 42.7 Å². The van der Waals surface area contributed by atoms with Crippen LogP contribution in [0, 0.1) is 0 Å². The maximum Gasteiger partial charge on any atom is 0.416 e. The second kappa shape index (κ2) is 8.30. The smallest absolute Gasteiger partial charge is 0.416 e. The number of hydrogen-bond donors (Lipinski definition) is 0. The molecule has 142 valence electrons. The number of amides is 1. The Morgan fingerprint density at radius 2 is 1.96 bits per heavy atom. The van der Waals surface area contributed by atoms with Gasteiger partial charge in [-0.3, -0.25) is 4.79 Å². The van der Waals surface area contributed by atoms with Gasteiger partial charge in [-0.05, 0) is 41.8 Å². The predicted molar refractivity (Wildman–Crippen MR) is 94.2 cm³/mol. The molecule has 2 aromatic heterocycles. The van der Waals surface area contributed by atoms with E-state index in [0.717, 1.165) is 17.0 Å². The number of ether oxygens (including phenoxy) is 1. The summed E-state index contributed by atoms with van der Waals surface area (Å²) in [6, 6.07) is 11.7. The summed E-state index contributed by atoms with van der Waals surface area (Å²) in [6.45, 7) is 0.242. The predicted octanol–water partition coefficient (Wildman–Crippen LogP) is 4.97. The largest absolute Gasteiger partial charge is 0.484 e. The summed E-state index contributed by atoms with van der Waals surface area (Å²) in [7, 11) is 0. The number of benzene rings is 1. The Hall–Kier alpha value is -2.74. The fraction of sp³-hybridized carbons (Fsp3) is 0.211. The SMILES string of the molecule is O=C(COc1cccc(C(F)(F)F)c1)N(Cc1ccco1)Cc1cccs1. The molecule has 0 bridgehead atoms. The van der Waals surface area contributed by atoms with Crippen molar-refractivity contribution in [3.05, 3.63) is 76.4 Å². The molecule has 0 N–H and O–H groups in total. The minimum absolute atomic E-state index is 0.00718. The van der Waals surface area contributed by atoms with Crippen LogP contribution in [0.15, 0.2) is 64.6 Å². The summed E-state index contributed by atoms with van der Waals surface area (Å²) in [6.07, 6.45) is -2.95. The van der Waals surface area contributed by atoms with Crippen molar-refractivity contribution in [1.29, 1.82) is 0 Å². The van der Waals surface area contributed by atoms with Crippen LogP contribution >= 0.6 is 11.3 Å². The fourth-order valence-electron chi connectivity index (χ4n) is 2.41. The highest BCUT2D eigenvalue weighted by Gasteiger charge is 2.30. The number of halogens is 3. The Kier molecular flexibility index (Phi) is 5.85. The van der Waals surface area contributed by atoms with E-state index in [1.165, 1.54) is 34.6 Å². The van der Waals surface area contributed by atoms with E-state index in [-0.39, 0.29) is 24.8 Å². The van der Waals surface area contributed by atoms with Crippen LogP contribution in [0.4, 0.5) is 13.2 Å². The Labute approximate surface area is 157 Å². The average Bonchev–Trinajstić information content (AvgIpc) is 3.33. The summed E-state index contributed by atoms with van der Waals surface area (Å²) < 4.78 is 48.9. The highest BCUT2D eigenvalue weighted by atomic mass is 32.1. The first-order valence-corrected chi connectivity index (χ1v) is 8.92. The van der Waals surface area contributed by atoms with E-state index in [1.807, 2.05) is 17.5 Å². The van der Waals surface area contributed by atoms with E-state index < -0.39 is 11.7 Å². The molecule has 3 aromatic rings. The minimum atomic E-state index is -4.46. The highest BCUT2D eigenvalue weighted by Crippen LogP contribution is 2.31. The van der Waals surface area contributed by atoms with Crippen molar-refractivity contribution < 1.29 is 27.1 Å². The number of hydrogen-bond acceptors (Lipinski definition) is 4. The first-order chi connectivity index (χ1) is 12.9. The molecule has 27 heavy (non-hydrogen) atoms. The number of nitrogens with zero attached hydrogens (tertiary/aromatic N) is 1. The van der Waals surface area contributed by atoms with Gasteiger partial charge in [0.2, 0.25) is 0 Å². The molecular formula is C19H16F3NO3S. The molecule has 0 aliphatic heterocycles. The van der Waals surface area contributed by atoms with Crippen molar-refractivity contribution in [2.24, 2.45) is 0 Å². The van der Waals surface area contributed by atoms with Gasteiger partial charge in [0.05, 0.1) is 24.9 Å². The maximum absolute atomic E-state index is 12.8. The molecule has 0 aliphatic carbocycles. The second-order valence-corrected chi connectivity index (χ2v) is 6.76. The lowest BCUT2D eigenvalue weighted by atomic mass is 10.2. The highest BCUT2D eigenvalue weighted by molar-refractivity contribution is 7.09. The van der Waals surface area contributed by atoms with Gasteiger partial charge in [0.25, 0.3) is 5.91 Å². The van der Waals surface area contributed by atoms with Crippen LogP contribution in [0.2, 0.25) is 0 Å². The normalized spacial score (nSPS) is 11.4. The van der Waals surface area contributed by atoms with Gasteiger partial charge >= 0.3 is 6.18 Å². The summed E-state index contributed by atoms with van der Waals surface area (Å²) in [5, 5.41) is 1.91. The molecular weight excluding hydrogens is 379 g/mol. The molecule has 0 unspecified atom stereocenters. The van der Waals surface area contributed by atoms with Gasteiger partial charge in [-0.15, -0.1) is 11.3 Å². The van der Waals surface area contributed by atoms with E-state index in [1.54, 1.807) is 12.1 Å². The summed E-state index contributed by atoms with van der Waals surface area (Å²) in [5.41, 5.74) is -0.821. The number of furan rings is 1. The molecule has 1 amide bonds. The van der Waals surface area contributed by atoms with Crippen LogP contribution < -0.4 is 4.74 Å². The van der Waals surface area contributed by atoms with Crippen LogP contribution in [0.25, 0.3) is 0 Å². The Bertz CT molecular complexity index is 824. The second-order valence-electron chi connectivity index (χ2n) is 5.72. The van der Waals surface area contributed by atoms with E-state index in [2.05, 4.69) is 0 Å². The van der Waals surface area contributed by atoms with Crippen LogP contribution in [0.1, 0.15) is 16.2 Å². The van der Waals surface area contributed by atoms with Gasteiger partial charge in [-0.1, -0.05) is 12.1 Å². The molecule has 0 fully saturated rings. The lowest BCUT2D eigenvalue weighted by Crippen LogP contribution is -2.33. The van der Waals surface area contributed by atoms with Crippen molar-refractivity contribution in [1.82, 2.24) is 4.90 Å². The molecule has 2 heterocycles. The van der Waals surface area contributed by atoms with Crippen molar-refractivity contribution >= 4 is 17.2 Å². The van der Waals surface area contributed by atoms with E-state index >= 15 is 0 Å². The zero-order chi connectivity index (χ0) is 19.3. The molecule has 4 nitrogen and oxygen atoms in total. The number of carbonyl (C=O) groups is 1. The quantitative estimate of drug-likeness (QED) is 0.567. The zero-order valence-electron chi connectivity index (χ0n) is 14.1. The Morgan fingerprint density at radius 3 is 2.63 bits per heavy atom. The Balaban J connectivity index is 1.67. The monoisotopic (exact) mass is 395 g/mol. The molecule has 1 aromatic carbocycles. The number of carbonyl (C=O) groups excluding carboxylic acids is 1. The van der Waals surface area contributed by atoms with Crippen molar-refractivity contribution in [2.45, 2.75) is 19.3 Å². The van der Waals surface area contributed by atoms with Gasteiger partial charge in [-0.2, -0.15) is 13.2 Å². The fourth-order valence-corrected chi connectivity index (χ4v) is 3.13. The average molecular weight is 395 g/mol. The summed E-state index contributed by atoms with van der Waals surface area (Å²) in [5.74, 6) is 0.253. The molecule has 0 saturated heterocycles. The summed E-state index contributed by atoms with van der Waals surface area (Å²) >= 11 is 1.51. The lowest BCUT2D eigenvalue weighted by molar-refractivity contribution is -0.137. The molecule has 0 aliphatic rings. The van der Waals surface area contributed by atoms with Crippen molar-refractivity contribution in [2.75, 3.05) is 6.61 Å².